The molecule has 2 atom stereocenters. The molecule has 20 heavy (non-hydrogen) atoms. The van der Waals surface area contributed by atoms with Gasteiger partial charge in [0.05, 0.1) is 7.11 Å². The molecule has 1 heterocycles. The standard InChI is InChI=1S/C15H19NO4/c1-10(15(18)19)14(17)16-8-7-12(9-16)11-3-5-13(20-2)6-4-11/h3-6,10,12H,7-9H2,1-2H3,(H,18,19)/t10-,12-/m1/s1. The molecule has 2 rings (SSSR count). The Labute approximate surface area is 118 Å². The fraction of sp³-hybridized carbons (Fsp3) is 0.467. The van der Waals surface area contributed by atoms with E-state index in [0.29, 0.717) is 13.1 Å². The first kappa shape index (κ1) is 14.4. The van der Waals surface area contributed by atoms with Gasteiger partial charge in [-0.25, -0.2) is 0 Å². The number of hydrogen-bond donors (Lipinski definition) is 1. The average molecular weight is 277 g/mol. The lowest BCUT2D eigenvalue weighted by molar-refractivity contribution is -0.149. The fourth-order valence-electron chi connectivity index (χ4n) is 2.49. The Morgan fingerprint density at radius 1 is 1.35 bits per heavy atom. The molecule has 0 unspecified atom stereocenters. The zero-order valence-electron chi connectivity index (χ0n) is 11.7. The summed E-state index contributed by atoms with van der Waals surface area (Å²) in [5, 5.41) is 8.89. The highest BCUT2D eigenvalue weighted by molar-refractivity contribution is 5.96. The quantitative estimate of drug-likeness (QED) is 0.851. The molecule has 0 aliphatic carbocycles. The third-order valence-corrected chi connectivity index (χ3v) is 3.83. The minimum atomic E-state index is -1.07. The molecule has 1 aliphatic rings. The number of aliphatic carboxylic acids is 1. The van der Waals surface area contributed by atoms with Gasteiger partial charge in [0.2, 0.25) is 5.91 Å². The van der Waals surface area contributed by atoms with Crippen LogP contribution in [0, 0.1) is 5.92 Å². The maximum atomic E-state index is 12.0. The Balaban J connectivity index is 2.01. The predicted molar refractivity (Wildman–Crippen MR) is 73.7 cm³/mol. The summed E-state index contributed by atoms with van der Waals surface area (Å²) in [4.78, 5) is 24.5. The number of carboxylic acids is 1. The van der Waals surface area contributed by atoms with Crippen LogP contribution in [0.3, 0.4) is 0 Å². The van der Waals surface area contributed by atoms with Gasteiger partial charge in [-0.05, 0) is 31.0 Å². The van der Waals surface area contributed by atoms with Gasteiger partial charge in [0.1, 0.15) is 11.7 Å². The summed E-state index contributed by atoms with van der Waals surface area (Å²) in [6.45, 7) is 2.64. The van der Waals surface area contributed by atoms with Crippen molar-refractivity contribution in [3.8, 4) is 5.75 Å². The Morgan fingerprint density at radius 2 is 2.00 bits per heavy atom. The van der Waals surface area contributed by atoms with E-state index in [1.807, 2.05) is 24.3 Å². The van der Waals surface area contributed by atoms with E-state index < -0.39 is 11.9 Å². The molecule has 5 heteroatoms. The van der Waals surface area contributed by atoms with Crippen LogP contribution in [0.25, 0.3) is 0 Å². The fourth-order valence-corrected chi connectivity index (χ4v) is 2.49. The Kier molecular flexibility index (Phi) is 4.27. The molecule has 0 radical (unpaired) electrons. The number of amides is 1. The minimum absolute atomic E-state index is 0.269. The third kappa shape index (κ3) is 2.92. The second kappa shape index (κ2) is 5.94. The highest BCUT2D eigenvalue weighted by Crippen LogP contribution is 2.29. The first-order chi connectivity index (χ1) is 9.52. The van der Waals surface area contributed by atoms with Crippen LogP contribution in [0.1, 0.15) is 24.8 Å². The summed E-state index contributed by atoms with van der Waals surface area (Å²) in [6, 6.07) is 7.80. The lowest BCUT2D eigenvalue weighted by Gasteiger charge is -2.19. The van der Waals surface area contributed by atoms with Crippen molar-refractivity contribution in [3.63, 3.8) is 0 Å². The van der Waals surface area contributed by atoms with Gasteiger partial charge in [0.25, 0.3) is 0 Å². The molecule has 1 aliphatic heterocycles. The molecule has 1 N–H and O–H groups in total. The summed E-state index contributed by atoms with van der Waals surface area (Å²) in [5.41, 5.74) is 1.16. The first-order valence-corrected chi connectivity index (χ1v) is 6.68. The molecule has 0 saturated carbocycles. The third-order valence-electron chi connectivity index (χ3n) is 3.83. The maximum absolute atomic E-state index is 12.0. The lowest BCUT2D eigenvalue weighted by atomic mass is 9.98. The zero-order valence-corrected chi connectivity index (χ0v) is 11.7. The van der Waals surface area contributed by atoms with Crippen molar-refractivity contribution in [3.05, 3.63) is 29.8 Å². The largest absolute Gasteiger partial charge is 0.497 e. The molecular formula is C15H19NO4. The summed E-state index contributed by atoms with van der Waals surface area (Å²) in [7, 11) is 1.62. The zero-order chi connectivity index (χ0) is 14.7. The average Bonchev–Trinajstić information content (AvgIpc) is 2.95. The second-order valence-electron chi connectivity index (χ2n) is 5.10. The van der Waals surface area contributed by atoms with Crippen molar-refractivity contribution >= 4 is 11.9 Å². The predicted octanol–water partition coefficient (Wildman–Crippen LogP) is 1.73. The van der Waals surface area contributed by atoms with Crippen molar-refractivity contribution in [2.75, 3.05) is 20.2 Å². The second-order valence-corrected chi connectivity index (χ2v) is 5.10. The maximum Gasteiger partial charge on any atom is 0.315 e. The van der Waals surface area contributed by atoms with Gasteiger partial charge in [-0.15, -0.1) is 0 Å². The SMILES string of the molecule is COc1ccc([C@@H]2CCN(C(=O)[C@@H](C)C(=O)O)C2)cc1. The van der Waals surface area contributed by atoms with Gasteiger partial charge in [0.15, 0.2) is 0 Å². The summed E-state index contributed by atoms with van der Waals surface area (Å²) in [6.07, 6.45) is 0.865. The molecule has 1 fully saturated rings. The van der Waals surface area contributed by atoms with Gasteiger partial charge in [-0.2, -0.15) is 0 Å². The Morgan fingerprint density at radius 3 is 2.55 bits per heavy atom. The van der Waals surface area contributed by atoms with E-state index in [2.05, 4.69) is 0 Å². The van der Waals surface area contributed by atoms with E-state index in [1.165, 1.54) is 6.92 Å². The lowest BCUT2D eigenvalue weighted by Crippen LogP contribution is -2.36. The number of benzene rings is 1. The number of likely N-dealkylation sites (tertiary alicyclic amines) is 1. The molecule has 1 aromatic carbocycles. The van der Waals surface area contributed by atoms with E-state index in [9.17, 15) is 9.59 Å². The van der Waals surface area contributed by atoms with Crippen molar-refractivity contribution in [2.24, 2.45) is 5.92 Å². The van der Waals surface area contributed by atoms with Gasteiger partial charge in [0, 0.05) is 19.0 Å². The number of carbonyl (C=O) groups is 2. The van der Waals surface area contributed by atoms with Gasteiger partial charge in [-0.3, -0.25) is 9.59 Å². The van der Waals surface area contributed by atoms with Crippen molar-refractivity contribution in [2.45, 2.75) is 19.3 Å². The summed E-state index contributed by atoms with van der Waals surface area (Å²) < 4.78 is 5.12. The van der Waals surface area contributed by atoms with Crippen LogP contribution in [-0.2, 0) is 9.59 Å². The highest BCUT2D eigenvalue weighted by atomic mass is 16.5. The molecule has 0 spiro atoms. The number of ether oxygens (including phenoxy) is 1. The Hall–Kier alpha value is -2.04. The molecule has 0 aromatic heterocycles. The topological polar surface area (TPSA) is 66.8 Å². The van der Waals surface area contributed by atoms with E-state index >= 15 is 0 Å². The van der Waals surface area contributed by atoms with Crippen LogP contribution in [-0.4, -0.2) is 42.1 Å². The normalized spacial score (nSPS) is 19.7. The van der Waals surface area contributed by atoms with Crippen molar-refractivity contribution < 1.29 is 19.4 Å². The molecular weight excluding hydrogens is 258 g/mol. The number of hydrogen-bond acceptors (Lipinski definition) is 3. The summed E-state index contributed by atoms with van der Waals surface area (Å²) in [5.74, 6) is -1.26. The number of nitrogens with zero attached hydrogens (tertiary/aromatic N) is 1. The number of methoxy groups -OCH3 is 1. The first-order valence-electron chi connectivity index (χ1n) is 6.68. The van der Waals surface area contributed by atoms with Crippen molar-refractivity contribution in [1.29, 1.82) is 0 Å². The van der Waals surface area contributed by atoms with Crippen LogP contribution >= 0.6 is 0 Å². The van der Waals surface area contributed by atoms with Gasteiger partial charge < -0.3 is 14.7 Å². The van der Waals surface area contributed by atoms with Crippen LogP contribution in [0.4, 0.5) is 0 Å². The summed E-state index contributed by atoms with van der Waals surface area (Å²) >= 11 is 0. The van der Waals surface area contributed by atoms with E-state index in [4.69, 9.17) is 9.84 Å². The molecule has 1 saturated heterocycles. The van der Waals surface area contributed by atoms with Crippen LogP contribution in [0.2, 0.25) is 0 Å². The number of carbonyl (C=O) groups excluding carboxylic acids is 1. The van der Waals surface area contributed by atoms with Gasteiger partial charge in [-0.1, -0.05) is 12.1 Å². The van der Waals surface area contributed by atoms with E-state index in [0.717, 1.165) is 17.7 Å². The van der Waals surface area contributed by atoms with Crippen LogP contribution in [0.5, 0.6) is 5.75 Å². The number of carboxylic acid groups (broad SMARTS) is 1. The minimum Gasteiger partial charge on any atom is -0.497 e. The molecule has 1 aromatic rings. The monoisotopic (exact) mass is 277 g/mol. The molecule has 1 amide bonds. The number of rotatable bonds is 4. The van der Waals surface area contributed by atoms with Crippen LogP contribution in [0.15, 0.2) is 24.3 Å². The van der Waals surface area contributed by atoms with E-state index in [-0.39, 0.29) is 11.8 Å². The smallest absolute Gasteiger partial charge is 0.315 e. The van der Waals surface area contributed by atoms with Crippen molar-refractivity contribution in [1.82, 2.24) is 4.90 Å². The Bertz CT molecular complexity index is 497. The van der Waals surface area contributed by atoms with Crippen LogP contribution < -0.4 is 4.74 Å². The van der Waals surface area contributed by atoms with Gasteiger partial charge >= 0.3 is 5.97 Å². The molecule has 0 bridgehead atoms. The molecule has 108 valence electrons. The van der Waals surface area contributed by atoms with E-state index in [1.54, 1.807) is 12.0 Å². The highest BCUT2D eigenvalue weighted by Gasteiger charge is 2.32. The molecule has 5 nitrogen and oxygen atoms in total.